The van der Waals surface area contributed by atoms with Crippen LogP contribution in [0.1, 0.15) is 28.9 Å². The summed E-state index contributed by atoms with van der Waals surface area (Å²) in [4.78, 5) is 19.9. The van der Waals surface area contributed by atoms with E-state index in [9.17, 15) is 31.1 Å². The van der Waals surface area contributed by atoms with Crippen molar-refractivity contribution in [1.29, 1.82) is 0 Å². The van der Waals surface area contributed by atoms with Crippen LogP contribution in [0.2, 0.25) is 0 Å². The number of fused-ring (bicyclic) bond motifs is 1. The Morgan fingerprint density at radius 3 is 2.42 bits per heavy atom. The maximum Gasteiger partial charge on any atom is 0.431 e. The number of hydroxylamine groups is 1. The fourth-order valence-electron chi connectivity index (χ4n) is 4.17. The zero-order chi connectivity index (χ0) is 25.9. The lowest BCUT2D eigenvalue weighted by Crippen LogP contribution is -2.43. The van der Waals surface area contributed by atoms with Gasteiger partial charge in [-0.15, -0.1) is 0 Å². The topological polar surface area (TPSA) is 46.5 Å². The first-order valence-electron chi connectivity index (χ1n) is 11.2. The van der Waals surface area contributed by atoms with E-state index in [0.29, 0.717) is 11.8 Å². The molecule has 2 heterocycles. The number of nitrogens with one attached hydrogen (secondary N) is 1. The van der Waals surface area contributed by atoms with Gasteiger partial charge in [-0.2, -0.15) is 18.7 Å². The highest BCUT2D eigenvalue weighted by Gasteiger charge is 2.36. The molecule has 0 unspecified atom stereocenters. The number of carbonyl (C=O) groups is 1. The van der Waals surface area contributed by atoms with Crippen LogP contribution in [0.4, 0.5) is 26.3 Å². The van der Waals surface area contributed by atoms with E-state index in [0.717, 1.165) is 22.3 Å². The average molecular weight is 511 g/mol. The number of carbonyl (C=O) groups excluding carboxylic acids is 1. The molecule has 1 aromatic heterocycles. The molecule has 0 bridgehead atoms. The standard InChI is InChI=1S/C25H23F6N3O2/c26-20-13-22(28)21(27)11-17(20)10-18(32-36-15-16-4-2-1-3-5-16)12-24(35)33-8-9-34-19(14-33)6-7-23(34)25(29,30)31/h1-7,11,13,18,32H,8-10,12,14-15H2/t18-/m1/s1. The van der Waals surface area contributed by atoms with Gasteiger partial charge in [0.25, 0.3) is 0 Å². The number of hydrogen-bond acceptors (Lipinski definition) is 3. The first-order chi connectivity index (χ1) is 17.1. The van der Waals surface area contributed by atoms with Crippen LogP contribution in [-0.2, 0) is 41.9 Å². The third kappa shape index (κ3) is 6.08. The van der Waals surface area contributed by atoms with Gasteiger partial charge in [0.15, 0.2) is 11.6 Å². The Morgan fingerprint density at radius 1 is 0.972 bits per heavy atom. The Balaban J connectivity index is 1.45. The van der Waals surface area contributed by atoms with Gasteiger partial charge in [-0.25, -0.2) is 13.2 Å². The van der Waals surface area contributed by atoms with E-state index in [1.54, 1.807) is 0 Å². The normalized spacial score (nSPS) is 14.6. The van der Waals surface area contributed by atoms with Gasteiger partial charge in [0.1, 0.15) is 11.5 Å². The monoisotopic (exact) mass is 511 g/mol. The summed E-state index contributed by atoms with van der Waals surface area (Å²) >= 11 is 0. The molecule has 1 aliphatic rings. The van der Waals surface area contributed by atoms with Gasteiger partial charge in [-0.1, -0.05) is 30.3 Å². The van der Waals surface area contributed by atoms with Gasteiger partial charge in [0.05, 0.1) is 13.2 Å². The lowest BCUT2D eigenvalue weighted by molar-refractivity contribution is -0.144. The molecule has 2 aromatic carbocycles. The van der Waals surface area contributed by atoms with Gasteiger partial charge >= 0.3 is 6.18 Å². The minimum atomic E-state index is -4.50. The summed E-state index contributed by atoms with van der Waals surface area (Å²) in [5, 5.41) is 0. The molecule has 0 spiro atoms. The van der Waals surface area contributed by atoms with Crippen LogP contribution in [0.5, 0.6) is 0 Å². The summed E-state index contributed by atoms with van der Waals surface area (Å²) < 4.78 is 82.0. The number of nitrogens with zero attached hydrogens (tertiary/aromatic N) is 2. The number of benzene rings is 2. The lowest BCUT2D eigenvalue weighted by atomic mass is 10.0. The van der Waals surface area contributed by atoms with Crippen molar-refractivity contribution in [2.75, 3.05) is 6.54 Å². The second-order valence-electron chi connectivity index (χ2n) is 8.53. The molecule has 0 saturated heterocycles. The predicted octanol–water partition coefficient (Wildman–Crippen LogP) is 4.99. The molecule has 11 heteroatoms. The summed E-state index contributed by atoms with van der Waals surface area (Å²) in [6, 6.07) is 11.7. The number of aromatic nitrogens is 1. The summed E-state index contributed by atoms with van der Waals surface area (Å²) in [6.07, 6.45) is -4.89. The van der Waals surface area contributed by atoms with Crippen LogP contribution in [0.25, 0.3) is 0 Å². The zero-order valence-electron chi connectivity index (χ0n) is 19.0. The molecule has 5 nitrogen and oxygen atoms in total. The van der Waals surface area contributed by atoms with Crippen molar-refractivity contribution in [3.63, 3.8) is 0 Å². The van der Waals surface area contributed by atoms with Crippen LogP contribution in [0, 0.1) is 17.5 Å². The van der Waals surface area contributed by atoms with Crippen molar-refractivity contribution in [2.24, 2.45) is 0 Å². The number of halogens is 6. The minimum absolute atomic E-state index is 0.0218. The fourth-order valence-corrected chi connectivity index (χ4v) is 4.17. The molecule has 3 aromatic rings. The van der Waals surface area contributed by atoms with Crippen LogP contribution >= 0.6 is 0 Å². The number of hydrogen-bond donors (Lipinski definition) is 1. The van der Waals surface area contributed by atoms with Crippen molar-refractivity contribution >= 4 is 5.91 Å². The molecule has 36 heavy (non-hydrogen) atoms. The zero-order valence-corrected chi connectivity index (χ0v) is 19.0. The Bertz CT molecular complexity index is 1210. The molecule has 192 valence electrons. The van der Waals surface area contributed by atoms with Crippen molar-refractivity contribution in [3.05, 3.63) is 94.6 Å². The van der Waals surface area contributed by atoms with Gasteiger partial charge in [-0.3, -0.25) is 9.63 Å². The van der Waals surface area contributed by atoms with E-state index >= 15 is 0 Å². The lowest BCUT2D eigenvalue weighted by Gasteiger charge is -2.31. The summed E-state index contributed by atoms with van der Waals surface area (Å²) in [5.74, 6) is -3.92. The second kappa shape index (κ2) is 10.8. The van der Waals surface area contributed by atoms with Crippen molar-refractivity contribution in [1.82, 2.24) is 14.9 Å². The quantitative estimate of drug-likeness (QED) is 0.264. The first kappa shape index (κ1) is 25.8. The van der Waals surface area contributed by atoms with Crippen LogP contribution in [0.15, 0.2) is 54.6 Å². The Labute approximate surface area is 203 Å². The molecule has 1 amide bonds. The molecule has 0 radical (unpaired) electrons. The molecular formula is C25H23F6N3O2. The molecule has 1 aliphatic heterocycles. The smallest absolute Gasteiger partial charge is 0.338 e. The maximum absolute atomic E-state index is 14.3. The van der Waals surface area contributed by atoms with E-state index in [-0.39, 0.29) is 44.6 Å². The van der Waals surface area contributed by atoms with Gasteiger partial charge in [0, 0.05) is 37.3 Å². The van der Waals surface area contributed by atoms with Crippen molar-refractivity contribution in [3.8, 4) is 0 Å². The Hall–Kier alpha value is -3.31. The predicted molar refractivity (Wildman–Crippen MR) is 118 cm³/mol. The van der Waals surface area contributed by atoms with E-state index < -0.39 is 41.3 Å². The molecule has 1 atom stereocenters. The highest BCUT2D eigenvalue weighted by Crippen LogP contribution is 2.32. The summed E-state index contributed by atoms with van der Waals surface area (Å²) in [6.45, 7) is 0.138. The largest absolute Gasteiger partial charge is 0.431 e. The highest BCUT2D eigenvalue weighted by molar-refractivity contribution is 5.77. The van der Waals surface area contributed by atoms with Crippen molar-refractivity contribution < 1.29 is 36.0 Å². The Morgan fingerprint density at radius 2 is 1.69 bits per heavy atom. The molecule has 0 fully saturated rings. The summed E-state index contributed by atoms with van der Waals surface area (Å²) in [5.41, 5.74) is 2.96. The molecular weight excluding hydrogens is 488 g/mol. The number of alkyl halides is 3. The van der Waals surface area contributed by atoms with Gasteiger partial charge < -0.3 is 9.47 Å². The van der Waals surface area contributed by atoms with Gasteiger partial charge in [0.2, 0.25) is 5.91 Å². The summed E-state index contributed by atoms with van der Waals surface area (Å²) in [7, 11) is 0. The Kier molecular flexibility index (Phi) is 7.70. The second-order valence-corrected chi connectivity index (χ2v) is 8.53. The van der Waals surface area contributed by atoms with Gasteiger partial charge in [-0.05, 0) is 35.7 Å². The number of amides is 1. The maximum atomic E-state index is 14.3. The van der Waals surface area contributed by atoms with Crippen LogP contribution < -0.4 is 5.48 Å². The molecule has 0 saturated carbocycles. The fraction of sp³-hybridized carbons (Fsp3) is 0.320. The van der Waals surface area contributed by atoms with Crippen LogP contribution in [0.3, 0.4) is 0 Å². The molecule has 0 aliphatic carbocycles. The van der Waals surface area contributed by atoms with E-state index in [2.05, 4.69) is 5.48 Å². The van der Waals surface area contributed by atoms with Crippen LogP contribution in [-0.4, -0.2) is 28.0 Å². The first-order valence-corrected chi connectivity index (χ1v) is 11.2. The van der Waals surface area contributed by atoms with Crippen molar-refractivity contribution in [2.45, 2.75) is 44.8 Å². The molecule has 4 rings (SSSR count). The molecule has 1 N–H and O–H groups in total. The average Bonchev–Trinajstić information content (AvgIpc) is 3.27. The highest BCUT2D eigenvalue weighted by atomic mass is 19.4. The number of rotatable bonds is 8. The van der Waals surface area contributed by atoms with E-state index in [4.69, 9.17) is 4.84 Å². The minimum Gasteiger partial charge on any atom is -0.338 e. The van der Waals surface area contributed by atoms with E-state index in [1.807, 2.05) is 30.3 Å². The van der Waals surface area contributed by atoms with E-state index in [1.165, 1.54) is 11.0 Å². The third-order valence-electron chi connectivity index (χ3n) is 5.97. The SMILES string of the molecule is O=C(C[C@@H](Cc1cc(F)c(F)cc1F)NOCc1ccccc1)N1CCn2c(ccc2C(F)(F)F)C1. The third-order valence-corrected chi connectivity index (χ3v) is 5.97.